The van der Waals surface area contributed by atoms with E-state index >= 15 is 0 Å². The van der Waals surface area contributed by atoms with Crippen molar-refractivity contribution in [3.63, 3.8) is 0 Å². The molecule has 0 fully saturated rings. The van der Waals surface area contributed by atoms with Gasteiger partial charge in [0, 0.05) is 25.2 Å². The van der Waals surface area contributed by atoms with Gasteiger partial charge in [0.25, 0.3) is 0 Å². The van der Waals surface area contributed by atoms with Gasteiger partial charge in [0.15, 0.2) is 0 Å². The largest absolute Gasteiger partial charge is 0.481 e. The molecular weight excluding hydrogens is 226 g/mol. The normalized spacial score (nSPS) is 10.0. The Morgan fingerprint density at radius 1 is 1.22 bits per heavy atom. The molecule has 0 aliphatic rings. The van der Waals surface area contributed by atoms with Gasteiger partial charge >= 0.3 is 5.97 Å². The molecule has 1 rings (SSSR count). The Morgan fingerprint density at radius 3 is 2.50 bits per heavy atom. The highest BCUT2D eigenvalue weighted by atomic mass is 16.4. The summed E-state index contributed by atoms with van der Waals surface area (Å²) in [4.78, 5) is 12.8. The lowest BCUT2D eigenvalue weighted by Gasteiger charge is -2.24. The molecule has 3 heteroatoms. The van der Waals surface area contributed by atoms with Crippen LogP contribution in [0.1, 0.15) is 25.7 Å². The van der Waals surface area contributed by atoms with Gasteiger partial charge in [-0.2, -0.15) is 0 Å². The molecule has 0 heterocycles. The Hall–Kier alpha value is -1.77. The van der Waals surface area contributed by atoms with E-state index < -0.39 is 5.97 Å². The first-order chi connectivity index (χ1) is 8.74. The van der Waals surface area contributed by atoms with Crippen LogP contribution in [0.2, 0.25) is 0 Å². The number of rotatable bonds is 9. The number of hydrogen-bond donors (Lipinski definition) is 1. The predicted molar refractivity (Wildman–Crippen MR) is 75.0 cm³/mol. The van der Waals surface area contributed by atoms with Gasteiger partial charge in [-0.25, -0.2) is 0 Å². The Labute approximate surface area is 109 Å². The van der Waals surface area contributed by atoms with Crippen molar-refractivity contribution in [3.05, 3.63) is 43.0 Å². The first-order valence-electron chi connectivity index (χ1n) is 6.36. The molecule has 0 amide bonds. The van der Waals surface area contributed by atoms with Crippen LogP contribution >= 0.6 is 0 Å². The molecule has 0 aromatic heterocycles. The highest BCUT2D eigenvalue weighted by Gasteiger charge is 2.06. The summed E-state index contributed by atoms with van der Waals surface area (Å²) < 4.78 is 0. The van der Waals surface area contributed by atoms with Crippen LogP contribution in [0.15, 0.2) is 43.0 Å². The highest BCUT2D eigenvalue weighted by Crippen LogP contribution is 2.15. The summed E-state index contributed by atoms with van der Waals surface area (Å²) in [6.07, 6.45) is 4.86. The lowest BCUT2D eigenvalue weighted by atomic mass is 10.2. The quantitative estimate of drug-likeness (QED) is 0.537. The van der Waals surface area contributed by atoms with Gasteiger partial charge < -0.3 is 10.0 Å². The standard InChI is InChI=1S/C15H21NO2/c1-2-3-7-12-16(13-8-11-15(17)18)14-9-5-4-6-10-14/h2,4-6,9-10H,1,3,7-8,11-13H2,(H,17,18). The molecule has 1 N–H and O–H groups in total. The van der Waals surface area contributed by atoms with Gasteiger partial charge in [-0.15, -0.1) is 6.58 Å². The maximum Gasteiger partial charge on any atom is 0.303 e. The number of aliphatic carboxylic acids is 1. The van der Waals surface area contributed by atoms with E-state index in [1.54, 1.807) is 0 Å². The molecule has 0 spiro atoms. The number of carboxylic acid groups (broad SMARTS) is 1. The minimum Gasteiger partial charge on any atom is -0.481 e. The monoisotopic (exact) mass is 247 g/mol. The first-order valence-corrected chi connectivity index (χ1v) is 6.36. The van der Waals surface area contributed by atoms with Gasteiger partial charge in [-0.05, 0) is 31.4 Å². The summed E-state index contributed by atoms with van der Waals surface area (Å²) in [6.45, 7) is 5.44. The smallest absolute Gasteiger partial charge is 0.303 e. The summed E-state index contributed by atoms with van der Waals surface area (Å²) in [5, 5.41) is 8.68. The number of carbonyl (C=O) groups is 1. The molecule has 0 radical (unpaired) electrons. The molecule has 0 saturated heterocycles. The molecule has 0 unspecified atom stereocenters. The van der Waals surface area contributed by atoms with Gasteiger partial charge in [-0.3, -0.25) is 4.79 Å². The van der Waals surface area contributed by atoms with Crippen molar-refractivity contribution in [3.8, 4) is 0 Å². The number of unbranched alkanes of at least 4 members (excludes halogenated alkanes) is 1. The Balaban J connectivity index is 2.51. The fourth-order valence-corrected chi connectivity index (χ4v) is 1.86. The second-order valence-corrected chi connectivity index (χ2v) is 4.25. The summed E-state index contributed by atoms with van der Waals surface area (Å²) in [7, 11) is 0. The predicted octanol–water partition coefficient (Wildman–Crippen LogP) is 3.32. The Bertz CT molecular complexity index is 362. The molecule has 0 atom stereocenters. The summed E-state index contributed by atoms with van der Waals surface area (Å²) in [5.74, 6) is -0.728. The van der Waals surface area contributed by atoms with E-state index in [1.165, 1.54) is 0 Å². The average Bonchev–Trinajstić information content (AvgIpc) is 2.38. The third kappa shape index (κ3) is 5.53. The zero-order chi connectivity index (χ0) is 13.2. The molecule has 0 bridgehead atoms. The molecule has 18 heavy (non-hydrogen) atoms. The van der Waals surface area contributed by atoms with E-state index in [0.717, 1.165) is 31.6 Å². The van der Waals surface area contributed by atoms with Crippen LogP contribution in [0.5, 0.6) is 0 Å². The van der Waals surface area contributed by atoms with E-state index in [0.29, 0.717) is 6.42 Å². The molecule has 1 aromatic rings. The van der Waals surface area contributed by atoms with Crippen LogP contribution < -0.4 is 4.90 Å². The molecular formula is C15H21NO2. The van der Waals surface area contributed by atoms with Gasteiger partial charge in [0.2, 0.25) is 0 Å². The topological polar surface area (TPSA) is 40.5 Å². The van der Waals surface area contributed by atoms with E-state index in [1.807, 2.05) is 24.3 Å². The second kappa shape index (κ2) is 8.34. The number of para-hydroxylation sites is 1. The Morgan fingerprint density at radius 2 is 1.89 bits per heavy atom. The van der Waals surface area contributed by atoms with Crippen molar-refractivity contribution in [2.45, 2.75) is 25.7 Å². The van der Waals surface area contributed by atoms with Gasteiger partial charge in [0.1, 0.15) is 0 Å². The zero-order valence-corrected chi connectivity index (χ0v) is 10.7. The Kier molecular flexibility index (Phi) is 6.62. The number of nitrogens with zero attached hydrogens (tertiary/aromatic N) is 1. The van der Waals surface area contributed by atoms with Crippen LogP contribution in [-0.4, -0.2) is 24.2 Å². The van der Waals surface area contributed by atoms with Crippen LogP contribution in [-0.2, 0) is 4.79 Å². The van der Waals surface area contributed by atoms with Crippen molar-refractivity contribution >= 4 is 11.7 Å². The second-order valence-electron chi connectivity index (χ2n) is 4.25. The zero-order valence-electron chi connectivity index (χ0n) is 10.7. The molecule has 0 saturated carbocycles. The summed E-state index contributed by atoms with van der Waals surface area (Å²) >= 11 is 0. The number of benzene rings is 1. The minimum absolute atomic E-state index is 0.227. The van der Waals surface area contributed by atoms with Crippen molar-refractivity contribution < 1.29 is 9.90 Å². The van der Waals surface area contributed by atoms with E-state index in [2.05, 4.69) is 23.6 Å². The molecule has 0 aliphatic heterocycles. The van der Waals surface area contributed by atoms with Crippen LogP contribution in [0, 0.1) is 0 Å². The van der Waals surface area contributed by atoms with Crippen LogP contribution in [0.25, 0.3) is 0 Å². The summed E-state index contributed by atoms with van der Waals surface area (Å²) in [6, 6.07) is 10.1. The van der Waals surface area contributed by atoms with Crippen molar-refractivity contribution in [2.75, 3.05) is 18.0 Å². The van der Waals surface area contributed by atoms with Crippen molar-refractivity contribution in [2.24, 2.45) is 0 Å². The maximum absolute atomic E-state index is 10.5. The highest BCUT2D eigenvalue weighted by molar-refractivity contribution is 5.66. The number of anilines is 1. The maximum atomic E-state index is 10.5. The molecule has 3 nitrogen and oxygen atoms in total. The van der Waals surface area contributed by atoms with Gasteiger partial charge in [-0.1, -0.05) is 24.3 Å². The molecule has 1 aromatic carbocycles. The molecule has 0 aliphatic carbocycles. The van der Waals surface area contributed by atoms with Crippen molar-refractivity contribution in [1.29, 1.82) is 0 Å². The van der Waals surface area contributed by atoms with Crippen molar-refractivity contribution in [1.82, 2.24) is 0 Å². The number of carboxylic acids is 1. The van der Waals surface area contributed by atoms with Gasteiger partial charge in [0.05, 0.1) is 0 Å². The fourth-order valence-electron chi connectivity index (χ4n) is 1.86. The lowest BCUT2D eigenvalue weighted by molar-refractivity contribution is -0.137. The molecule has 98 valence electrons. The fraction of sp³-hybridized carbons (Fsp3) is 0.400. The average molecular weight is 247 g/mol. The third-order valence-electron chi connectivity index (χ3n) is 2.78. The number of allylic oxidation sites excluding steroid dienone is 1. The summed E-state index contributed by atoms with van der Waals surface area (Å²) in [5.41, 5.74) is 1.16. The van der Waals surface area contributed by atoms with Crippen LogP contribution in [0.4, 0.5) is 5.69 Å². The minimum atomic E-state index is -0.728. The number of hydrogen-bond acceptors (Lipinski definition) is 2. The van der Waals surface area contributed by atoms with E-state index in [-0.39, 0.29) is 6.42 Å². The first kappa shape index (κ1) is 14.3. The van der Waals surface area contributed by atoms with E-state index in [9.17, 15) is 4.79 Å². The van der Waals surface area contributed by atoms with Crippen LogP contribution in [0.3, 0.4) is 0 Å². The SMILES string of the molecule is C=CCCCN(CCCC(=O)O)c1ccccc1. The lowest BCUT2D eigenvalue weighted by Crippen LogP contribution is -2.26. The third-order valence-corrected chi connectivity index (χ3v) is 2.78. The van der Waals surface area contributed by atoms with E-state index in [4.69, 9.17) is 5.11 Å².